The summed E-state index contributed by atoms with van der Waals surface area (Å²) in [4.78, 5) is 24.2. The molecule has 0 saturated carbocycles. The van der Waals surface area contributed by atoms with Crippen LogP contribution >= 0.6 is 0 Å². The number of rotatable bonds is 6. The van der Waals surface area contributed by atoms with Crippen LogP contribution in [-0.4, -0.2) is 37.5 Å². The van der Waals surface area contributed by atoms with E-state index in [0.717, 1.165) is 11.1 Å². The van der Waals surface area contributed by atoms with Gasteiger partial charge in [0.1, 0.15) is 0 Å². The summed E-state index contributed by atoms with van der Waals surface area (Å²) in [7, 11) is -3.51. The molecule has 1 atom stereocenters. The Kier molecular flexibility index (Phi) is 6.49. The lowest BCUT2D eigenvalue weighted by atomic mass is 9.98. The minimum Gasteiger partial charge on any atom is -0.326 e. The molecule has 7 heteroatoms. The van der Waals surface area contributed by atoms with Crippen molar-refractivity contribution < 1.29 is 18.0 Å². The lowest BCUT2D eigenvalue weighted by molar-refractivity contribution is -0.120. The summed E-state index contributed by atoms with van der Waals surface area (Å²) in [5, 5.41) is 2.83. The van der Waals surface area contributed by atoms with Crippen molar-refractivity contribution in [3.63, 3.8) is 0 Å². The molecule has 0 radical (unpaired) electrons. The second-order valence-corrected chi connectivity index (χ2v) is 9.48. The zero-order chi connectivity index (χ0) is 21.0. The minimum absolute atomic E-state index is 0.0608. The molecule has 154 valence electrons. The van der Waals surface area contributed by atoms with Crippen molar-refractivity contribution in [3.8, 4) is 0 Å². The van der Waals surface area contributed by atoms with Gasteiger partial charge in [0.15, 0.2) is 5.78 Å². The molecule has 29 heavy (non-hydrogen) atoms. The monoisotopic (exact) mass is 414 g/mol. The van der Waals surface area contributed by atoms with E-state index in [4.69, 9.17) is 0 Å². The van der Waals surface area contributed by atoms with E-state index in [9.17, 15) is 18.0 Å². The summed E-state index contributed by atoms with van der Waals surface area (Å²) in [6.07, 6.45) is 1.27. The Bertz CT molecular complexity index is 1020. The maximum Gasteiger partial charge on any atom is 0.228 e. The number of carbonyl (C=O) groups excluding carboxylic acids is 2. The smallest absolute Gasteiger partial charge is 0.228 e. The molecule has 2 aromatic carbocycles. The van der Waals surface area contributed by atoms with E-state index in [2.05, 4.69) is 5.32 Å². The number of aryl methyl sites for hydroxylation is 1. The van der Waals surface area contributed by atoms with Gasteiger partial charge in [0.2, 0.25) is 15.9 Å². The highest BCUT2D eigenvalue weighted by atomic mass is 32.2. The van der Waals surface area contributed by atoms with E-state index in [0.29, 0.717) is 30.6 Å². The highest BCUT2D eigenvalue weighted by molar-refractivity contribution is 7.88. The van der Waals surface area contributed by atoms with Crippen LogP contribution in [0, 0.1) is 12.8 Å². The molecular formula is C22H26N2O4S. The van der Waals surface area contributed by atoms with Crippen LogP contribution in [0.15, 0.2) is 48.5 Å². The predicted octanol–water partition coefficient (Wildman–Crippen LogP) is 3.38. The Morgan fingerprint density at radius 2 is 1.90 bits per heavy atom. The number of ketones is 1. The standard InChI is InChI=1S/C22H26N2O4S/c1-16-7-3-4-8-20(16)15-29(27,28)24-12-6-10-19(14-24)22(26)23-21-11-5-9-18(13-21)17(2)25/h3-5,7-9,11,13,19H,6,10,12,14-15H2,1-2H3,(H,23,26)/t19-/m0/s1. The van der Waals surface area contributed by atoms with Crippen LogP contribution in [-0.2, 0) is 20.6 Å². The van der Waals surface area contributed by atoms with Crippen molar-refractivity contribution >= 4 is 27.4 Å². The van der Waals surface area contributed by atoms with E-state index in [-0.39, 0.29) is 24.0 Å². The quantitative estimate of drug-likeness (QED) is 0.735. The third kappa shape index (κ3) is 5.31. The van der Waals surface area contributed by atoms with Crippen LogP contribution in [0.2, 0.25) is 0 Å². The number of Topliss-reactive ketones (excluding diaryl/α,β-unsaturated/α-hetero) is 1. The van der Waals surface area contributed by atoms with Gasteiger partial charge in [0.25, 0.3) is 0 Å². The van der Waals surface area contributed by atoms with Crippen molar-refractivity contribution in [2.24, 2.45) is 5.92 Å². The largest absolute Gasteiger partial charge is 0.326 e. The Hall–Kier alpha value is -2.51. The molecule has 0 spiro atoms. The van der Waals surface area contributed by atoms with Gasteiger partial charge in [0.05, 0.1) is 11.7 Å². The fraction of sp³-hybridized carbons (Fsp3) is 0.364. The first-order chi connectivity index (χ1) is 13.8. The number of sulfonamides is 1. The molecule has 6 nitrogen and oxygen atoms in total. The lowest BCUT2D eigenvalue weighted by Gasteiger charge is -2.31. The molecule has 2 aromatic rings. The van der Waals surface area contributed by atoms with Crippen LogP contribution in [0.1, 0.15) is 41.3 Å². The number of nitrogens with zero attached hydrogens (tertiary/aromatic N) is 1. The second kappa shape index (κ2) is 8.88. The summed E-state index contributed by atoms with van der Waals surface area (Å²) in [5.41, 5.74) is 2.78. The normalized spacial score (nSPS) is 17.7. The van der Waals surface area contributed by atoms with Gasteiger partial charge in [-0.2, -0.15) is 0 Å². The molecule has 0 aliphatic carbocycles. The number of benzene rings is 2. The third-order valence-electron chi connectivity index (χ3n) is 5.28. The van der Waals surface area contributed by atoms with Gasteiger partial charge >= 0.3 is 0 Å². The molecule has 1 heterocycles. The summed E-state index contributed by atoms with van der Waals surface area (Å²) < 4.78 is 27.2. The number of piperidine rings is 1. The topological polar surface area (TPSA) is 83.6 Å². The molecule has 1 aliphatic heterocycles. The van der Waals surface area contributed by atoms with Crippen LogP contribution in [0.25, 0.3) is 0 Å². The maximum absolute atomic E-state index is 12.9. The number of amides is 1. The number of hydrogen-bond acceptors (Lipinski definition) is 4. The van der Waals surface area contributed by atoms with Crippen molar-refractivity contribution in [2.75, 3.05) is 18.4 Å². The summed E-state index contributed by atoms with van der Waals surface area (Å²) >= 11 is 0. The highest BCUT2D eigenvalue weighted by Gasteiger charge is 2.32. The summed E-state index contributed by atoms with van der Waals surface area (Å²) in [6.45, 7) is 3.97. The molecule has 1 N–H and O–H groups in total. The second-order valence-electron chi connectivity index (χ2n) is 7.51. The van der Waals surface area contributed by atoms with Crippen LogP contribution in [0.4, 0.5) is 5.69 Å². The van der Waals surface area contributed by atoms with E-state index < -0.39 is 15.9 Å². The first-order valence-corrected chi connectivity index (χ1v) is 11.3. The van der Waals surface area contributed by atoms with Crippen LogP contribution in [0.3, 0.4) is 0 Å². The SMILES string of the molecule is CC(=O)c1cccc(NC(=O)[C@H]2CCCN(S(=O)(=O)Cc3ccccc3C)C2)c1. The fourth-order valence-electron chi connectivity index (χ4n) is 3.53. The van der Waals surface area contributed by atoms with Gasteiger partial charge in [-0.1, -0.05) is 36.4 Å². The maximum atomic E-state index is 12.9. The molecule has 1 saturated heterocycles. The molecule has 1 amide bonds. The molecule has 0 unspecified atom stereocenters. The van der Waals surface area contributed by atoms with Gasteiger partial charge < -0.3 is 5.32 Å². The molecule has 1 aliphatic rings. The van der Waals surface area contributed by atoms with Gasteiger partial charge in [0, 0.05) is 24.3 Å². The predicted molar refractivity (Wildman–Crippen MR) is 113 cm³/mol. The van der Waals surface area contributed by atoms with Crippen molar-refractivity contribution in [1.82, 2.24) is 4.31 Å². The fourth-order valence-corrected chi connectivity index (χ4v) is 5.24. The first kappa shape index (κ1) is 21.2. The number of hydrogen-bond donors (Lipinski definition) is 1. The Labute approximate surface area is 172 Å². The van der Waals surface area contributed by atoms with E-state index in [1.165, 1.54) is 11.2 Å². The zero-order valence-corrected chi connectivity index (χ0v) is 17.5. The summed E-state index contributed by atoms with van der Waals surface area (Å²) in [6, 6.07) is 14.2. The Balaban J connectivity index is 1.68. The molecule has 3 rings (SSSR count). The molecule has 0 aromatic heterocycles. The highest BCUT2D eigenvalue weighted by Crippen LogP contribution is 2.24. The lowest BCUT2D eigenvalue weighted by Crippen LogP contribution is -2.44. The van der Waals surface area contributed by atoms with E-state index in [1.807, 2.05) is 31.2 Å². The van der Waals surface area contributed by atoms with Gasteiger partial charge in [-0.05, 0) is 49.9 Å². The van der Waals surface area contributed by atoms with E-state index in [1.54, 1.807) is 24.3 Å². The van der Waals surface area contributed by atoms with Crippen molar-refractivity contribution in [2.45, 2.75) is 32.4 Å². The first-order valence-electron chi connectivity index (χ1n) is 9.70. The Morgan fingerprint density at radius 3 is 2.62 bits per heavy atom. The van der Waals surface area contributed by atoms with Crippen LogP contribution < -0.4 is 5.32 Å². The molecular weight excluding hydrogens is 388 g/mol. The van der Waals surface area contributed by atoms with Gasteiger partial charge in [-0.25, -0.2) is 12.7 Å². The Morgan fingerprint density at radius 1 is 1.14 bits per heavy atom. The average Bonchev–Trinajstić information content (AvgIpc) is 2.70. The van der Waals surface area contributed by atoms with Crippen molar-refractivity contribution in [1.29, 1.82) is 0 Å². The van der Waals surface area contributed by atoms with Crippen molar-refractivity contribution in [3.05, 3.63) is 65.2 Å². The summed E-state index contributed by atoms with van der Waals surface area (Å²) in [5.74, 6) is -0.778. The van der Waals surface area contributed by atoms with E-state index >= 15 is 0 Å². The number of nitrogens with one attached hydrogen (secondary N) is 1. The molecule has 1 fully saturated rings. The average molecular weight is 415 g/mol. The third-order valence-corrected chi connectivity index (χ3v) is 7.08. The number of carbonyl (C=O) groups is 2. The van der Waals surface area contributed by atoms with Crippen LogP contribution in [0.5, 0.6) is 0 Å². The zero-order valence-electron chi connectivity index (χ0n) is 16.7. The van der Waals surface area contributed by atoms with Gasteiger partial charge in [-0.15, -0.1) is 0 Å². The minimum atomic E-state index is -3.51. The van der Waals surface area contributed by atoms with Gasteiger partial charge in [-0.3, -0.25) is 9.59 Å². The number of anilines is 1. The molecule has 0 bridgehead atoms.